The Morgan fingerprint density at radius 2 is 1.88 bits per heavy atom. The van der Waals surface area contributed by atoms with E-state index in [1.807, 2.05) is 39.9 Å². The highest BCUT2D eigenvalue weighted by Crippen LogP contribution is 2.15. The molecule has 1 aliphatic rings. The van der Waals surface area contributed by atoms with Gasteiger partial charge >= 0.3 is 0 Å². The lowest BCUT2D eigenvalue weighted by Gasteiger charge is -2.34. The van der Waals surface area contributed by atoms with Gasteiger partial charge in [-0.25, -0.2) is 4.52 Å². The van der Waals surface area contributed by atoms with Crippen LogP contribution >= 0.6 is 11.6 Å². The van der Waals surface area contributed by atoms with Crippen molar-refractivity contribution in [3.63, 3.8) is 0 Å². The molecule has 1 amide bonds. The molecule has 1 aliphatic heterocycles. The van der Waals surface area contributed by atoms with Gasteiger partial charge in [-0.15, -0.1) is 0 Å². The lowest BCUT2D eigenvalue weighted by Crippen LogP contribution is -2.48. The summed E-state index contributed by atoms with van der Waals surface area (Å²) in [6.07, 6.45) is 1.96. The van der Waals surface area contributed by atoms with Gasteiger partial charge in [0.1, 0.15) is 0 Å². The third-order valence-corrected chi connectivity index (χ3v) is 4.77. The molecule has 0 unspecified atom stereocenters. The van der Waals surface area contributed by atoms with Crippen LogP contribution in [-0.4, -0.2) is 51.5 Å². The van der Waals surface area contributed by atoms with Crippen LogP contribution in [-0.2, 0) is 6.54 Å². The molecule has 1 fully saturated rings. The lowest BCUT2D eigenvalue weighted by molar-refractivity contribution is 0.0627. The summed E-state index contributed by atoms with van der Waals surface area (Å²) in [6.45, 7) is 3.94. The van der Waals surface area contributed by atoms with E-state index in [9.17, 15) is 4.79 Å². The van der Waals surface area contributed by atoms with E-state index in [1.165, 1.54) is 0 Å². The maximum atomic E-state index is 12.6. The molecule has 0 bridgehead atoms. The largest absolute Gasteiger partial charge is 0.336 e. The summed E-state index contributed by atoms with van der Waals surface area (Å²) < 4.78 is 1.90. The predicted molar refractivity (Wildman–Crippen MR) is 97.8 cm³/mol. The van der Waals surface area contributed by atoms with Crippen molar-refractivity contribution < 1.29 is 4.79 Å². The molecule has 2 aromatic heterocycles. The number of amides is 1. The summed E-state index contributed by atoms with van der Waals surface area (Å²) in [5, 5.41) is 5.19. The minimum Gasteiger partial charge on any atom is -0.336 e. The average Bonchev–Trinajstić information content (AvgIpc) is 3.04. The van der Waals surface area contributed by atoms with Gasteiger partial charge < -0.3 is 4.90 Å². The zero-order valence-corrected chi connectivity index (χ0v) is 14.6. The Labute approximate surface area is 151 Å². The Bertz CT molecular complexity index is 866. The molecule has 4 rings (SSSR count). The van der Waals surface area contributed by atoms with Crippen molar-refractivity contribution in [3.05, 3.63) is 71.0 Å². The fourth-order valence-corrected chi connectivity index (χ4v) is 3.40. The van der Waals surface area contributed by atoms with Crippen molar-refractivity contribution >= 4 is 23.0 Å². The van der Waals surface area contributed by atoms with Gasteiger partial charge in [0.25, 0.3) is 5.91 Å². The molecular formula is C19H19ClN4O. The van der Waals surface area contributed by atoms with E-state index in [4.69, 9.17) is 11.6 Å². The van der Waals surface area contributed by atoms with Crippen molar-refractivity contribution in [1.82, 2.24) is 19.4 Å². The van der Waals surface area contributed by atoms with Crippen LogP contribution in [0.2, 0.25) is 5.02 Å². The molecule has 25 heavy (non-hydrogen) atoms. The minimum absolute atomic E-state index is 0.0508. The molecule has 128 valence electrons. The van der Waals surface area contributed by atoms with Crippen LogP contribution in [0.5, 0.6) is 0 Å². The van der Waals surface area contributed by atoms with Gasteiger partial charge in [-0.2, -0.15) is 5.10 Å². The molecule has 5 nitrogen and oxygen atoms in total. The highest BCUT2D eigenvalue weighted by atomic mass is 35.5. The molecule has 1 aromatic carbocycles. The first kappa shape index (κ1) is 16.1. The van der Waals surface area contributed by atoms with Crippen LogP contribution in [0, 0.1) is 0 Å². The molecule has 0 radical (unpaired) electrons. The third kappa shape index (κ3) is 3.52. The number of piperazine rings is 1. The summed E-state index contributed by atoms with van der Waals surface area (Å²) in [5.41, 5.74) is 2.81. The summed E-state index contributed by atoms with van der Waals surface area (Å²) >= 11 is 5.99. The second kappa shape index (κ2) is 6.86. The van der Waals surface area contributed by atoms with E-state index >= 15 is 0 Å². The van der Waals surface area contributed by atoms with Gasteiger partial charge in [-0.1, -0.05) is 23.7 Å². The maximum Gasteiger partial charge on any atom is 0.253 e. The summed E-state index contributed by atoms with van der Waals surface area (Å²) in [4.78, 5) is 16.8. The number of nitrogens with zero attached hydrogens (tertiary/aromatic N) is 4. The zero-order valence-electron chi connectivity index (χ0n) is 13.8. The molecular weight excluding hydrogens is 336 g/mol. The number of fused-ring (bicyclic) bond motifs is 1. The quantitative estimate of drug-likeness (QED) is 0.726. The fraction of sp³-hybridized carbons (Fsp3) is 0.263. The SMILES string of the molecule is O=C(c1cccc(Cl)c1)N1CCN(Cc2cc3ccccn3n2)CC1. The van der Waals surface area contributed by atoms with Crippen molar-refractivity contribution in [1.29, 1.82) is 0 Å². The number of carbonyl (C=O) groups excluding carboxylic acids is 1. The molecule has 0 saturated carbocycles. The number of carbonyl (C=O) groups is 1. The van der Waals surface area contributed by atoms with Crippen LogP contribution in [0.1, 0.15) is 16.1 Å². The molecule has 3 aromatic rings. The minimum atomic E-state index is 0.0508. The average molecular weight is 355 g/mol. The van der Waals surface area contributed by atoms with Crippen LogP contribution < -0.4 is 0 Å². The zero-order chi connectivity index (χ0) is 17.2. The summed E-state index contributed by atoms with van der Waals surface area (Å²) in [7, 11) is 0. The second-order valence-corrected chi connectivity index (χ2v) is 6.72. The smallest absolute Gasteiger partial charge is 0.253 e. The molecule has 1 saturated heterocycles. The van der Waals surface area contributed by atoms with E-state index in [0.29, 0.717) is 10.6 Å². The fourth-order valence-electron chi connectivity index (χ4n) is 3.21. The number of hydrogen-bond donors (Lipinski definition) is 0. The first-order valence-electron chi connectivity index (χ1n) is 8.39. The topological polar surface area (TPSA) is 40.9 Å². The van der Waals surface area contributed by atoms with Crippen LogP contribution in [0.4, 0.5) is 0 Å². The first-order valence-corrected chi connectivity index (χ1v) is 8.77. The number of hydrogen-bond acceptors (Lipinski definition) is 3. The Morgan fingerprint density at radius 3 is 2.64 bits per heavy atom. The van der Waals surface area contributed by atoms with Crippen molar-refractivity contribution in [3.8, 4) is 0 Å². The molecule has 0 aliphatic carbocycles. The van der Waals surface area contributed by atoms with Gasteiger partial charge in [0.2, 0.25) is 0 Å². The maximum absolute atomic E-state index is 12.6. The Morgan fingerprint density at radius 1 is 1.04 bits per heavy atom. The van der Waals surface area contributed by atoms with Gasteiger partial charge in [0, 0.05) is 49.5 Å². The number of aromatic nitrogens is 2. The normalized spacial score (nSPS) is 15.6. The molecule has 0 spiro atoms. The van der Waals surface area contributed by atoms with E-state index in [0.717, 1.165) is 43.9 Å². The summed E-state index contributed by atoms with van der Waals surface area (Å²) in [6, 6.07) is 15.3. The Hall–Kier alpha value is -2.37. The number of rotatable bonds is 3. The lowest BCUT2D eigenvalue weighted by atomic mass is 10.2. The summed E-state index contributed by atoms with van der Waals surface area (Å²) in [5.74, 6) is 0.0508. The van der Waals surface area contributed by atoms with Gasteiger partial charge in [-0.3, -0.25) is 9.69 Å². The molecule has 3 heterocycles. The highest BCUT2D eigenvalue weighted by molar-refractivity contribution is 6.30. The van der Waals surface area contributed by atoms with Gasteiger partial charge in [0.15, 0.2) is 0 Å². The van der Waals surface area contributed by atoms with Crippen LogP contribution in [0.15, 0.2) is 54.7 Å². The van der Waals surface area contributed by atoms with Crippen LogP contribution in [0.25, 0.3) is 5.52 Å². The molecule has 0 atom stereocenters. The first-order chi connectivity index (χ1) is 12.2. The number of benzene rings is 1. The van der Waals surface area contributed by atoms with E-state index in [1.54, 1.807) is 12.1 Å². The Kier molecular flexibility index (Phi) is 4.42. The number of pyridine rings is 1. The second-order valence-electron chi connectivity index (χ2n) is 6.28. The van der Waals surface area contributed by atoms with E-state index in [-0.39, 0.29) is 5.91 Å². The molecule has 6 heteroatoms. The van der Waals surface area contributed by atoms with Crippen molar-refractivity contribution in [2.45, 2.75) is 6.54 Å². The Balaban J connectivity index is 1.37. The van der Waals surface area contributed by atoms with Gasteiger partial charge in [-0.05, 0) is 36.4 Å². The highest BCUT2D eigenvalue weighted by Gasteiger charge is 2.22. The predicted octanol–water partition coefficient (Wildman–Crippen LogP) is 2.95. The van der Waals surface area contributed by atoms with Gasteiger partial charge in [0.05, 0.1) is 11.2 Å². The standard InChI is InChI=1S/C19H19ClN4O/c20-16-5-3-4-15(12-16)19(25)23-10-8-22(9-11-23)14-17-13-18-6-1-2-7-24(18)21-17/h1-7,12-13H,8-11,14H2. The third-order valence-electron chi connectivity index (χ3n) is 4.54. The van der Waals surface area contributed by atoms with Crippen molar-refractivity contribution in [2.24, 2.45) is 0 Å². The number of halogens is 1. The molecule has 0 N–H and O–H groups in total. The van der Waals surface area contributed by atoms with E-state index in [2.05, 4.69) is 22.1 Å². The monoisotopic (exact) mass is 354 g/mol. The van der Waals surface area contributed by atoms with E-state index < -0.39 is 0 Å². The van der Waals surface area contributed by atoms with Crippen LogP contribution in [0.3, 0.4) is 0 Å². The van der Waals surface area contributed by atoms with Crippen molar-refractivity contribution in [2.75, 3.05) is 26.2 Å².